The summed E-state index contributed by atoms with van der Waals surface area (Å²) < 4.78 is 0. The zero-order valence-corrected chi connectivity index (χ0v) is 12.1. The van der Waals surface area contributed by atoms with Crippen molar-refractivity contribution in [3.8, 4) is 0 Å². The van der Waals surface area contributed by atoms with Crippen LogP contribution in [0.4, 0.5) is 4.79 Å². The Bertz CT molecular complexity index is 284. The number of aliphatic hydroxyl groups is 1. The monoisotopic (exact) mass is 274 g/mol. The van der Waals surface area contributed by atoms with Gasteiger partial charge in [-0.25, -0.2) is 4.79 Å². The van der Waals surface area contributed by atoms with Crippen LogP contribution >= 0.6 is 0 Å². The summed E-state index contributed by atoms with van der Waals surface area (Å²) in [5, 5.41) is 20.3. The smallest absolute Gasteiger partial charge is 0.317 e. The quantitative estimate of drug-likeness (QED) is 0.591. The van der Waals surface area contributed by atoms with Crippen molar-refractivity contribution in [3.05, 3.63) is 0 Å². The van der Waals surface area contributed by atoms with Gasteiger partial charge in [-0.1, -0.05) is 13.3 Å². The zero-order chi connectivity index (χ0) is 14.8. The minimum atomic E-state index is -0.777. The number of aliphatic carboxylic acids is 1. The van der Waals surface area contributed by atoms with E-state index in [4.69, 9.17) is 10.2 Å². The fourth-order valence-corrected chi connectivity index (χ4v) is 1.66. The largest absolute Gasteiger partial charge is 0.481 e. The molecule has 2 unspecified atom stereocenters. The number of nitrogens with zero attached hydrogens (tertiary/aromatic N) is 1. The molecule has 0 radical (unpaired) electrons. The van der Waals surface area contributed by atoms with Crippen molar-refractivity contribution < 1.29 is 19.8 Å². The van der Waals surface area contributed by atoms with E-state index in [2.05, 4.69) is 5.32 Å². The van der Waals surface area contributed by atoms with Crippen LogP contribution in [0.1, 0.15) is 39.5 Å². The van der Waals surface area contributed by atoms with E-state index < -0.39 is 5.97 Å². The molecule has 0 heterocycles. The SMILES string of the molecule is CC(CCCC(C)C(=O)O)NC(=O)N(C)CCCO. The summed E-state index contributed by atoms with van der Waals surface area (Å²) >= 11 is 0. The van der Waals surface area contributed by atoms with E-state index >= 15 is 0 Å². The molecule has 0 fully saturated rings. The number of hydrogen-bond donors (Lipinski definition) is 3. The van der Waals surface area contributed by atoms with Gasteiger partial charge in [-0.2, -0.15) is 0 Å². The van der Waals surface area contributed by atoms with Crippen LogP contribution in [0.5, 0.6) is 0 Å². The van der Waals surface area contributed by atoms with Gasteiger partial charge < -0.3 is 20.4 Å². The third-order valence-corrected chi connectivity index (χ3v) is 3.06. The summed E-state index contributed by atoms with van der Waals surface area (Å²) in [7, 11) is 1.68. The standard InChI is InChI=1S/C13H26N2O4/c1-10(12(17)18)6-4-7-11(2)14-13(19)15(3)8-5-9-16/h10-11,16H,4-9H2,1-3H3,(H,14,19)(H,17,18). The highest BCUT2D eigenvalue weighted by Crippen LogP contribution is 2.09. The van der Waals surface area contributed by atoms with Gasteiger partial charge in [0.1, 0.15) is 0 Å². The van der Waals surface area contributed by atoms with Crippen LogP contribution in [0.15, 0.2) is 0 Å². The van der Waals surface area contributed by atoms with E-state index in [0.29, 0.717) is 19.4 Å². The minimum Gasteiger partial charge on any atom is -0.481 e. The number of carboxylic acid groups (broad SMARTS) is 1. The van der Waals surface area contributed by atoms with Crippen LogP contribution in [-0.2, 0) is 4.79 Å². The molecule has 0 aromatic rings. The maximum Gasteiger partial charge on any atom is 0.317 e. The summed E-state index contributed by atoms with van der Waals surface area (Å²) in [6.07, 6.45) is 2.72. The van der Waals surface area contributed by atoms with Gasteiger partial charge >= 0.3 is 12.0 Å². The predicted octanol–water partition coefficient (Wildman–Crippen LogP) is 1.29. The molecule has 19 heavy (non-hydrogen) atoms. The molecule has 2 atom stereocenters. The van der Waals surface area contributed by atoms with Crippen molar-refractivity contribution in [2.24, 2.45) is 5.92 Å². The third-order valence-electron chi connectivity index (χ3n) is 3.06. The lowest BCUT2D eigenvalue weighted by Gasteiger charge is -2.21. The molecular weight excluding hydrogens is 248 g/mol. The van der Waals surface area contributed by atoms with Gasteiger partial charge in [0, 0.05) is 26.2 Å². The fourth-order valence-electron chi connectivity index (χ4n) is 1.66. The first-order valence-electron chi connectivity index (χ1n) is 6.73. The molecular formula is C13H26N2O4. The van der Waals surface area contributed by atoms with Gasteiger partial charge in [-0.15, -0.1) is 0 Å². The maximum absolute atomic E-state index is 11.7. The second-order valence-electron chi connectivity index (χ2n) is 5.02. The van der Waals surface area contributed by atoms with Crippen molar-refractivity contribution >= 4 is 12.0 Å². The van der Waals surface area contributed by atoms with Crippen LogP contribution in [0.3, 0.4) is 0 Å². The Morgan fingerprint density at radius 2 is 1.84 bits per heavy atom. The summed E-state index contributed by atoms with van der Waals surface area (Å²) in [5.74, 6) is -1.12. The van der Waals surface area contributed by atoms with Crippen LogP contribution < -0.4 is 5.32 Å². The average molecular weight is 274 g/mol. The molecule has 0 aliphatic rings. The lowest BCUT2D eigenvalue weighted by atomic mass is 10.0. The molecule has 6 heteroatoms. The van der Waals surface area contributed by atoms with E-state index in [-0.39, 0.29) is 24.6 Å². The number of aliphatic hydroxyl groups excluding tert-OH is 1. The molecule has 0 saturated heterocycles. The molecule has 2 amide bonds. The number of carbonyl (C=O) groups is 2. The highest BCUT2D eigenvalue weighted by Gasteiger charge is 2.13. The summed E-state index contributed by atoms with van der Waals surface area (Å²) in [6.45, 7) is 4.18. The third kappa shape index (κ3) is 8.42. The Morgan fingerprint density at radius 3 is 2.37 bits per heavy atom. The predicted molar refractivity (Wildman–Crippen MR) is 73.0 cm³/mol. The first kappa shape index (κ1) is 17.7. The average Bonchev–Trinajstić information content (AvgIpc) is 2.35. The Morgan fingerprint density at radius 1 is 1.21 bits per heavy atom. The first-order chi connectivity index (χ1) is 8.88. The van der Waals surface area contributed by atoms with Gasteiger partial charge in [0.05, 0.1) is 5.92 Å². The van der Waals surface area contributed by atoms with Crippen molar-refractivity contribution in [1.82, 2.24) is 10.2 Å². The number of nitrogens with one attached hydrogen (secondary N) is 1. The molecule has 0 spiro atoms. The lowest BCUT2D eigenvalue weighted by Crippen LogP contribution is -2.42. The van der Waals surface area contributed by atoms with E-state index in [1.807, 2.05) is 6.92 Å². The lowest BCUT2D eigenvalue weighted by molar-refractivity contribution is -0.141. The van der Waals surface area contributed by atoms with E-state index in [0.717, 1.165) is 12.8 Å². The highest BCUT2D eigenvalue weighted by molar-refractivity contribution is 5.74. The van der Waals surface area contributed by atoms with Gasteiger partial charge in [0.15, 0.2) is 0 Å². The van der Waals surface area contributed by atoms with E-state index in [1.165, 1.54) is 4.90 Å². The van der Waals surface area contributed by atoms with Crippen molar-refractivity contribution in [2.45, 2.75) is 45.6 Å². The summed E-state index contributed by atoms with van der Waals surface area (Å²) in [5.41, 5.74) is 0. The molecule has 0 aliphatic heterocycles. The minimum absolute atomic E-state index is 0.0186. The van der Waals surface area contributed by atoms with Crippen LogP contribution in [0.25, 0.3) is 0 Å². The molecule has 0 aliphatic carbocycles. The maximum atomic E-state index is 11.7. The molecule has 0 rings (SSSR count). The summed E-state index contributed by atoms with van der Waals surface area (Å²) in [6, 6.07) is -0.141. The summed E-state index contributed by atoms with van der Waals surface area (Å²) in [4.78, 5) is 23.9. The second kappa shape index (κ2) is 9.61. The Balaban J connectivity index is 3.81. The molecule has 0 aromatic carbocycles. The van der Waals surface area contributed by atoms with Crippen molar-refractivity contribution in [1.29, 1.82) is 0 Å². The zero-order valence-electron chi connectivity index (χ0n) is 12.1. The van der Waals surface area contributed by atoms with Gasteiger partial charge in [0.25, 0.3) is 0 Å². The highest BCUT2D eigenvalue weighted by atomic mass is 16.4. The Hall–Kier alpha value is -1.30. The Kier molecular flexibility index (Phi) is 8.95. The van der Waals surface area contributed by atoms with Crippen LogP contribution in [-0.4, -0.2) is 53.4 Å². The normalized spacial score (nSPS) is 13.7. The van der Waals surface area contributed by atoms with E-state index in [9.17, 15) is 9.59 Å². The van der Waals surface area contributed by atoms with Crippen LogP contribution in [0, 0.1) is 5.92 Å². The first-order valence-corrected chi connectivity index (χ1v) is 6.73. The number of hydrogen-bond acceptors (Lipinski definition) is 3. The van der Waals surface area contributed by atoms with Gasteiger partial charge in [-0.05, 0) is 26.2 Å². The molecule has 0 saturated carbocycles. The number of carboxylic acids is 1. The fraction of sp³-hybridized carbons (Fsp3) is 0.846. The molecule has 0 aromatic heterocycles. The number of rotatable bonds is 9. The van der Waals surface area contributed by atoms with E-state index in [1.54, 1.807) is 14.0 Å². The number of amides is 2. The van der Waals surface area contributed by atoms with Gasteiger partial charge in [-0.3, -0.25) is 4.79 Å². The number of urea groups is 1. The molecule has 6 nitrogen and oxygen atoms in total. The van der Waals surface area contributed by atoms with Crippen LogP contribution in [0.2, 0.25) is 0 Å². The Labute approximate surface area is 114 Å². The number of carbonyl (C=O) groups excluding carboxylic acids is 1. The van der Waals surface area contributed by atoms with Gasteiger partial charge in [0.2, 0.25) is 0 Å². The molecule has 112 valence electrons. The topological polar surface area (TPSA) is 89.9 Å². The molecule has 3 N–H and O–H groups in total. The molecule has 0 bridgehead atoms. The van der Waals surface area contributed by atoms with Crippen molar-refractivity contribution in [3.63, 3.8) is 0 Å². The second-order valence-corrected chi connectivity index (χ2v) is 5.02. The van der Waals surface area contributed by atoms with Crippen molar-refractivity contribution in [2.75, 3.05) is 20.2 Å².